The Morgan fingerprint density at radius 2 is 2.27 bits per heavy atom. The Kier molecular flexibility index (Phi) is 2.56. The van der Waals surface area contributed by atoms with Crippen LogP contribution in [0.2, 0.25) is 0 Å². The number of pyridine rings is 1. The van der Waals surface area contributed by atoms with Crippen LogP contribution in [0.25, 0.3) is 0 Å². The molecule has 2 atom stereocenters. The van der Waals surface area contributed by atoms with Crippen LogP contribution in [0.5, 0.6) is 0 Å². The van der Waals surface area contributed by atoms with Gasteiger partial charge in [-0.2, -0.15) is 0 Å². The first-order valence-corrected chi connectivity index (χ1v) is 5.33. The molecule has 2 rings (SSSR count). The van der Waals surface area contributed by atoms with Gasteiger partial charge in [-0.3, -0.25) is 4.98 Å². The predicted molar refractivity (Wildman–Crippen MR) is 59.7 cm³/mol. The quantitative estimate of drug-likeness (QED) is 0.700. The summed E-state index contributed by atoms with van der Waals surface area (Å²) < 4.78 is 0. The van der Waals surface area contributed by atoms with Crippen molar-refractivity contribution in [2.24, 2.45) is 11.3 Å². The maximum Gasteiger partial charge on any atom is 0.508 e. The van der Waals surface area contributed by atoms with Crippen molar-refractivity contribution >= 4 is 12.7 Å². The van der Waals surface area contributed by atoms with Crippen molar-refractivity contribution in [3.05, 3.63) is 23.9 Å². The average molecular weight is 205 g/mol. The molecule has 1 saturated carbocycles. The summed E-state index contributed by atoms with van der Waals surface area (Å²) in [6.45, 7) is 4.46. The van der Waals surface area contributed by atoms with Crippen LogP contribution in [0.1, 0.15) is 25.8 Å². The van der Waals surface area contributed by atoms with Gasteiger partial charge in [0, 0.05) is 6.20 Å². The van der Waals surface area contributed by atoms with Crippen LogP contribution in [0.15, 0.2) is 18.3 Å². The molecule has 1 aromatic heterocycles. The first-order chi connectivity index (χ1) is 7.03. The van der Waals surface area contributed by atoms with E-state index in [1.165, 1.54) is 6.42 Å². The summed E-state index contributed by atoms with van der Waals surface area (Å²) in [7, 11) is -1.46. The van der Waals surface area contributed by atoms with Gasteiger partial charge in [-0.05, 0) is 35.8 Å². The Morgan fingerprint density at radius 3 is 2.80 bits per heavy atom. The summed E-state index contributed by atoms with van der Waals surface area (Å²) in [6.07, 6.45) is 3.69. The largest absolute Gasteiger partial charge is 0.508 e. The first kappa shape index (κ1) is 10.6. The van der Waals surface area contributed by atoms with Gasteiger partial charge in [0.25, 0.3) is 0 Å². The number of aromatic nitrogens is 1. The van der Waals surface area contributed by atoms with Crippen molar-refractivity contribution in [1.82, 2.24) is 4.98 Å². The molecular weight excluding hydrogens is 189 g/mol. The molecule has 15 heavy (non-hydrogen) atoms. The maximum atomic E-state index is 9.18. The van der Waals surface area contributed by atoms with Gasteiger partial charge in [0.1, 0.15) is 0 Å². The Bertz CT molecular complexity index is 369. The van der Waals surface area contributed by atoms with Crippen LogP contribution in [-0.2, 0) is 6.42 Å². The molecule has 1 aromatic rings. The van der Waals surface area contributed by atoms with Crippen molar-refractivity contribution in [2.75, 3.05) is 0 Å². The van der Waals surface area contributed by atoms with E-state index in [4.69, 9.17) is 0 Å². The Balaban J connectivity index is 2.21. The lowest BCUT2D eigenvalue weighted by atomic mass is 9.79. The average Bonchev–Trinajstić information content (AvgIpc) is 2.74. The molecule has 1 heterocycles. The van der Waals surface area contributed by atoms with Crippen LogP contribution in [0, 0.1) is 11.3 Å². The highest BCUT2D eigenvalue weighted by Gasteiger charge is 2.46. The predicted octanol–water partition coefficient (Wildman–Crippen LogP) is 0.350. The number of nitrogens with zero attached hydrogens (tertiary/aromatic N) is 1. The number of hydrogen-bond acceptors (Lipinski definition) is 3. The topological polar surface area (TPSA) is 53.4 Å². The van der Waals surface area contributed by atoms with E-state index < -0.39 is 7.12 Å². The van der Waals surface area contributed by atoms with Crippen molar-refractivity contribution in [3.8, 4) is 0 Å². The Hall–Kier alpha value is -0.865. The lowest BCUT2D eigenvalue weighted by Gasteiger charge is -2.12. The molecule has 4 heteroatoms. The van der Waals surface area contributed by atoms with Crippen LogP contribution in [-0.4, -0.2) is 22.2 Å². The van der Waals surface area contributed by atoms with Gasteiger partial charge < -0.3 is 10.0 Å². The molecule has 0 saturated heterocycles. The molecule has 2 N–H and O–H groups in total. The normalized spacial score (nSPS) is 28.9. The summed E-state index contributed by atoms with van der Waals surface area (Å²) in [4.78, 5) is 4.02. The standard InChI is InChI=1S/C11H16BNO2/c1-8-6-11(8,2)7-9-4-3-5-13-10(9)12(14)15/h3-5,8,14-15H,6-7H2,1-2H3. The van der Waals surface area contributed by atoms with Crippen LogP contribution in [0.3, 0.4) is 0 Å². The van der Waals surface area contributed by atoms with E-state index in [9.17, 15) is 10.0 Å². The molecule has 0 radical (unpaired) electrons. The molecule has 80 valence electrons. The van der Waals surface area contributed by atoms with E-state index in [2.05, 4.69) is 18.8 Å². The van der Waals surface area contributed by atoms with Gasteiger partial charge in [0.05, 0.1) is 5.59 Å². The monoisotopic (exact) mass is 205 g/mol. The summed E-state index contributed by atoms with van der Waals surface area (Å²) in [6, 6.07) is 3.77. The highest BCUT2D eigenvalue weighted by atomic mass is 16.4. The smallest absolute Gasteiger partial charge is 0.422 e. The second kappa shape index (κ2) is 3.61. The van der Waals surface area contributed by atoms with Crippen molar-refractivity contribution in [1.29, 1.82) is 0 Å². The van der Waals surface area contributed by atoms with Crippen LogP contribution in [0.4, 0.5) is 0 Å². The fourth-order valence-corrected chi connectivity index (χ4v) is 2.15. The number of hydrogen-bond donors (Lipinski definition) is 2. The van der Waals surface area contributed by atoms with Gasteiger partial charge >= 0.3 is 7.12 Å². The minimum atomic E-state index is -1.46. The molecule has 1 aliphatic carbocycles. The van der Waals surface area contributed by atoms with E-state index in [1.807, 2.05) is 12.1 Å². The molecule has 0 spiro atoms. The molecule has 0 amide bonds. The third-order valence-electron chi connectivity index (χ3n) is 3.57. The minimum Gasteiger partial charge on any atom is -0.422 e. The highest BCUT2D eigenvalue weighted by molar-refractivity contribution is 6.58. The summed E-state index contributed by atoms with van der Waals surface area (Å²) >= 11 is 0. The van der Waals surface area contributed by atoms with E-state index in [1.54, 1.807) is 6.20 Å². The zero-order valence-electron chi connectivity index (χ0n) is 9.14. The van der Waals surface area contributed by atoms with Crippen molar-refractivity contribution in [3.63, 3.8) is 0 Å². The fourth-order valence-electron chi connectivity index (χ4n) is 2.15. The van der Waals surface area contributed by atoms with Gasteiger partial charge in [-0.15, -0.1) is 0 Å². The SMILES string of the molecule is CC1CC1(C)Cc1cccnc1B(O)O. The van der Waals surface area contributed by atoms with Crippen LogP contribution < -0.4 is 5.59 Å². The Labute approximate surface area is 90.3 Å². The van der Waals surface area contributed by atoms with Gasteiger partial charge in [-0.1, -0.05) is 19.9 Å². The zero-order valence-corrected chi connectivity index (χ0v) is 9.14. The van der Waals surface area contributed by atoms with E-state index in [0.29, 0.717) is 11.0 Å². The van der Waals surface area contributed by atoms with E-state index in [-0.39, 0.29) is 0 Å². The third kappa shape index (κ3) is 2.06. The first-order valence-electron chi connectivity index (χ1n) is 5.33. The van der Waals surface area contributed by atoms with E-state index in [0.717, 1.165) is 17.9 Å². The molecule has 1 fully saturated rings. The molecule has 2 unspecified atom stereocenters. The maximum absolute atomic E-state index is 9.18. The molecule has 0 aromatic carbocycles. The molecule has 0 aliphatic heterocycles. The van der Waals surface area contributed by atoms with Gasteiger partial charge in [0.2, 0.25) is 0 Å². The number of rotatable bonds is 3. The molecule has 3 nitrogen and oxygen atoms in total. The molecule has 1 aliphatic rings. The van der Waals surface area contributed by atoms with Gasteiger partial charge in [-0.25, -0.2) is 0 Å². The highest BCUT2D eigenvalue weighted by Crippen LogP contribution is 2.53. The lowest BCUT2D eigenvalue weighted by molar-refractivity contribution is 0.423. The molecule has 0 bridgehead atoms. The summed E-state index contributed by atoms with van der Waals surface area (Å²) in [5.74, 6) is 0.724. The molecular formula is C11H16BNO2. The Morgan fingerprint density at radius 1 is 1.60 bits per heavy atom. The summed E-state index contributed by atoms with van der Waals surface area (Å²) in [5.41, 5.74) is 1.68. The minimum absolute atomic E-state index is 0.326. The summed E-state index contributed by atoms with van der Waals surface area (Å²) in [5, 5.41) is 18.4. The fraction of sp³-hybridized carbons (Fsp3) is 0.545. The zero-order chi connectivity index (χ0) is 11.1. The van der Waals surface area contributed by atoms with Crippen LogP contribution >= 0.6 is 0 Å². The van der Waals surface area contributed by atoms with Crippen molar-refractivity contribution in [2.45, 2.75) is 26.7 Å². The second-order valence-electron chi connectivity index (χ2n) is 4.86. The third-order valence-corrected chi connectivity index (χ3v) is 3.57. The van der Waals surface area contributed by atoms with E-state index >= 15 is 0 Å². The van der Waals surface area contributed by atoms with Gasteiger partial charge in [0.15, 0.2) is 0 Å². The second-order valence-corrected chi connectivity index (χ2v) is 4.86. The van der Waals surface area contributed by atoms with Crippen molar-refractivity contribution < 1.29 is 10.0 Å². The lowest BCUT2D eigenvalue weighted by Crippen LogP contribution is -2.36.